The Bertz CT molecular complexity index is 814. The van der Waals surface area contributed by atoms with Gasteiger partial charge in [-0.2, -0.15) is 0 Å². The monoisotopic (exact) mass is 359 g/mol. The van der Waals surface area contributed by atoms with Crippen LogP contribution in [0.3, 0.4) is 0 Å². The number of nitrogens with one attached hydrogen (secondary N) is 1. The first-order valence-electron chi connectivity index (χ1n) is 8.01. The topological polar surface area (TPSA) is 55.4 Å². The van der Waals surface area contributed by atoms with Gasteiger partial charge in [-0.25, -0.2) is 4.79 Å². The van der Waals surface area contributed by atoms with Crippen molar-refractivity contribution in [3.8, 4) is 0 Å². The van der Waals surface area contributed by atoms with E-state index in [1.165, 1.54) is 5.56 Å². The molecule has 0 radical (unpaired) electrons. The van der Waals surface area contributed by atoms with Crippen molar-refractivity contribution in [1.29, 1.82) is 0 Å². The molecule has 0 aliphatic heterocycles. The molecule has 0 spiro atoms. The molecule has 0 atom stereocenters. The second-order valence-corrected chi connectivity index (χ2v) is 6.57. The van der Waals surface area contributed by atoms with E-state index in [9.17, 15) is 9.59 Å². The maximum absolute atomic E-state index is 12.5. The van der Waals surface area contributed by atoms with Gasteiger partial charge in [0.15, 0.2) is 6.61 Å². The Hall–Kier alpha value is -2.33. The third-order valence-electron chi connectivity index (χ3n) is 4.65. The zero-order chi connectivity index (χ0) is 18.7. The van der Waals surface area contributed by atoms with Gasteiger partial charge >= 0.3 is 5.97 Å². The zero-order valence-electron chi connectivity index (χ0n) is 15.1. The van der Waals surface area contributed by atoms with E-state index in [1.54, 1.807) is 24.3 Å². The van der Waals surface area contributed by atoms with Crippen molar-refractivity contribution in [2.24, 2.45) is 0 Å². The average molecular weight is 360 g/mol. The van der Waals surface area contributed by atoms with E-state index >= 15 is 0 Å². The lowest BCUT2D eigenvalue weighted by Gasteiger charge is -2.17. The Labute approximate surface area is 153 Å². The lowest BCUT2D eigenvalue weighted by atomic mass is 9.90. The number of ether oxygens (including phenoxy) is 1. The molecule has 0 aliphatic rings. The van der Waals surface area contributed by atoms with Crippen molar-refractivity contribution in [3.05, 3.63) is 62.7 Å². The lowest BCUT2D eigenvalue weighted by Crippen LogP contribution is -2.22. The Kier molecular flexibility index (Phi) is 5.85. The van der Waals surface area contributed by atoms with Crippen LogP contribution in [0.4, 0.5) is 5.69 Å². The number of halogens is 1. The number of benzene rings is 2. The third kappa shape index (κ3) is 4.20. The zero-order valence-corrected chi connectivity index (χ0v) is 15.9. The van der Waals surface area contributed by atoms with Gasteiger partial charge in [-0.15, -0.1) is 0 Å². The molecule has 5 heteroatoms. The number of esters is 1. The molecule has 0 fully saturated rings. The number of carbonyl (C=O) groups is 2. The maximum atomic E-state index is 12.5. The standard InChI is InChI=1S/C20H22ClNO3/c1-11-12(2)14(4)19(15(5)13(11)3)20(24)25-10-18(23)22-17-8-6-7-16(21)9-17/h6-9H,10H2,1-5H3,(H,22,23). The van der Waals surface area contributed by atoms with Crippen LogP contribution in [0.15, 0.2) is 24.3 Å². The summed E-state index contributed by atoms with van der Waals surface area (Å²) in [6.45, 7) is 9.46. The highest BCUT2D eigenvalue weighted by Gasteiger charge is 2.20. The van der Waals surface area contributed by atoms with E-state index < -0.39 is 11.9 Å². The first-order chi connectivity index (χ1) is 11.7. The first-order valence-corrected chi connectivity index (χ1v) is 8.39. The van der Waals surface area contributed by atoms with Crippen LogP contribution in [0.2, 0.25) is 5.02 Å². The summed E-state index contributed by atoms with van der Waals surface area (Å²) >= 11 is 5.88. The van der Waals surface area contributed by atoms with Gasteiger partial charge in [0.2, 0.25) is 0 Å². The van der Waals surface area contributed by atoms with Gasteiger partial charge in [-0.1, -0.05) is 17.7 Å². The van der Waals surface area contributed by atoms with Crippen LogP contribution >= 0.6 is 11.6 Å². The molecule has 0 aromatic heterocycles. The van der Waals surface area contributed by atoms with Crippen molar-refractivity contribution in [2.75, 3.05) is 11.9 Å². The molecular formula is C20H22ClNO3. The molecule has 25 heavy (non-hydrogen) atoms. The summed E-state index contributed by atoms with van der Waals surface area (Å²) in [5, 5.41) is 3.17. The molecule has 2 rings (SSSR count). The number of hydrogen-bond acceptors (Lipinski definition) is 3. The normalized spacial score (nSPS) is 10.5. The van der Waals surface area contributed by atoms with Crippen LogP contribution in [0.1, 0.15) is 38.2 Å². The predicted octanol–water partition coefficient (Wildman–Crippen LogP) is 4.68. The Morgan fingerprint density at radius 3 is 2.08 bits per heavy atom. The smallest absolute Gasteiger partial charge is 0.339 e. The van der Waals surface area contributed by atoms with Gasteiger partial charge in [-0.05, 0) is 80.6 Å². The molecule has 2 aromatic carbocycles. The Morgan fingerprint density at radius 1 is 0.960 bits per heavy atom. The van der Waals surface area contributed by atoms with Crippen LogP contribution in [0.5, 0.6) is 0 Å². The van der Waals surface area contributed by atoms with Crippen LogP contribution in [0, 0.1) is 34.6 Å². The largest absolute Gasteiger partial charge is 0.452 e. The average Bonchev–Trinajstić information content (AvgIpc) is 2.56. The van der Waals surface area contributed by atoms with Gasteiger partial charge in [0.05, 0.1) is 5.56 Å². The molecule has 4 nitrogen and oxygen atoms in total. The predicted molar refractivity (Wildman–Crippen MR) is 100 cm³/mol. The van der Waals surface area contributed by atoms with Crippen LogP contribution in [-0.2, 0) is 9.53 Å². The van der Waals surface area contributed by atoms with Crippen LogP contribution < -0.4 is 5.32 Å². The minimum Gasteiger partial charge on any atom is -0.452 e. The second-order valence-electron chi connectivity index (χ2n) is 6.13. The van der Waals surface area contributed by atoms with Gasteiger partial charge in [0, 0.05) is 10.7 Å². The molecule has 0 saturated heterocycles. The summed E-state index contributed by atoms with van der Waals surface area (Å²) < 4.78 is 5.22. The number of hydrogen-bond donors (Lipinski definition) is 1. The summed E-state index contributed by atoms with van der Waals surface area (Å²) in [6, 6.07) is 6.79. The summed E-state index contributed by atoms with van der Waals surface area (Å²) in [5.41, 5.74) is 6.18. The third-order valence-corrected chi connectivity index (χ3v) is 4.88. The maximum Gasteiger partial charge on any atom is 0.339 e. The summed E-state index contributed by atoms with van der Waals surface area (Å²) in [7, 11) is 0. The Balaban J connectivity index is 2.09. The fourth-order valence-electron chi connectivity index (χ4n) is 2.77. The number of anilines is 1. The van der Waals surface area contributed by atoms with E-state index in [2.05, 4.69) is 5.32 Å². The van der Waals surface area contributed by atoms with E-state index in [4.69, 9.17) is 16.3 Å². The fourth-order valence-corrected chi connectivity index (χ4v) is 2.96. The van der Waals surface area contributed by atoms with Crippen LogP contribution in [0.25, 0.3) is 0 Å². The van der Waals surface area contributed by atoms with E-state index in [1.807, 2.05) is 34.6 Å². The van der Waals surface area contributed by atoms with Crippen molar-refractivity contribution < 1.29 is 14.3 Å². The molecule has 1 N–H and O–H groups in total. The second kappa shape index (κ2) is 7.70. The molecule has 132 valence electrons. The highest BCUT2D eigenvalue weighted by molar-refractivity contribution is 6.30. The van der Waals surface area contributed by atoms with Gasteiger partial charge in [-0.3, -0.25) is 4.79 Å². The molecule has 0 aliphatic carbocycles. The van der Waals surface area contributed by atoms with Crippen molar-refractivity contribution in [1.82, 2.24) is 0 Å². The molecule has 2 aromatic rings. The summed E-state index contributed by atoms with van der Waals surface area (Å²) in [5.74, 6) is -0.895. The van der Waals surface area contributed by atoms with Crippen molar-refractivity contribution in [3.63, 3.8) is 0 Å². The summed E-state index contributed by atoms with van der Waals surface area (Å²) in [6.07, 6.45) is 0. The minimum absolute atomic E-state index is 0.351. The van der Waals surface area contributed by atoms with E-state index in [-0.39, 0.29) is 6.61 Å². The van der Waals surface area contributed by atoms with Gasteiger partial charge in [0.1, 0.15) is 0 Å². The quantitative estimate of drug-likeness (QED) is 0.806. The fraction of sp³-hybridized carbons (Fsp3) is 0.300. The number of amides is 1. The Morgan fingerprint density at radius 2 is 1.52 bits per heavy atom. The lowest BCUT2D eigenvalue weighted by molar-refractivity contribution is -0.119. The first kappa shape index (κ1) is 19.0. The molecule has 0 saturated carbocycles. The van der Waals surface area contributed by atoms with E-state index in [0.717, 1.165) is 22.3 Å². The molecule has 1 amide bonds. The highest BCUT2D eigenvalue weighted by atomic mass is 35.5. The highest BCUT2D eigenvalue weighted by Crippen LogP contribution is 2.26. The molecule has 0 bridgehead atoms. The molecular weight excluding hydrogens is 338 g/mol. The van der Waals surface area contributed by atoms with E-state index in [0.29, 0.717) is 16.3 Å². The van der Waals surface area contributed by atoms with Crippen LogP contribution in [-0.4, -0.2) is 18.5 Å². The summed E-state index contributed by atoms with van der Waals surface area (Å²) in [4.78, 5) is 24.5. The SMILES string of the molecule is Cc1c(C)c(C)c(C(=O)OCC(=O)Nc2cccc(Cl)c2)c(C)c1C. The molecule has 0 heterocycles. The minimum atomic E-state index is -0.484. The number of carbonyl (C=O) groups excluding carboxylic acids is 2. The van der Waals surface area contributed by atoms with Gasteiger partial charge < -0.3 is 10.1 Å². The number of rotatable bonds is 4. The van der Waals surface area contributed by atoms with Crippen molar-refractivity contribution in [2.45, 2.75) is 34.6 Å². The van der Waals surface area contributed by atoms with Gasteiger partial charge in [0.25, 0.3) is 5.91 Å². The van der Waals surface area contributed by atoms with Crippen molar-refractivity contribution >= 4 is 29.2 Å². The molecule has 0 unspecified atom stereocenters.